The molecule has 22 heavy (non-hydrogen) atoms. The van der Waals surface area contributed by atoms with E-state index in [1.54, 1.807) is 24.3 Å². The van der Waals surface area contributed by atoms with E-state index in [1.165, 1.54) is 16.7 Å². The van der Waals surface area contributed by atoms with Crippen LogP contribution in [0.3, 0.4) is 0 Å². The molecule has 0 aliphatic carbocycles. The Hall–Kier alpha value is -2.41. The van der Waals surface area contributed by atoms with Crippen LogP contribution < -0.4 is 5.73 Å². The molecular weight excluding hydrogens is 320 g/mol. The van der Waals surface area contributed by atoms with Crippen LogP contribution in [0, 0.1) is 22.7 Å². The molecule has 5 nitrogen and oxygen atoms in total. The quantitative estimate of drug-likeness (QED) is 0.854. The van der Waals surface area contributed by atoms with Gasteiger partial charge in [-0.25, -0.2) is 0 Å². The summed E-state index contributed by atoms with van der Waals surface area (Å²) >= 11 is 7.48. The van der Waals surface area contributed by atoms with Gasteiger partial charge in [0.15, 0.2) is 0 Å². The highest BCUT2D eigenvalue weighted by Gasteiger charge is 2.42. The summed E-state index contributed by atoms with van der Waals surface area (Å²) in [7, 11) is 0. The molecule has 3 rings (SSSR count). The number of nitrogens with zero attached hydrogens (tertiary/aromatic N) is 3. The van der Waals surface area contributed by atoms with Crippen molar-refractivity contribution in [3.05, 3.63) is 56.8 Å². The second kappa shape index (κ2) is 5.42. The van der Waals surface area contributed by atoms with Crippen molar-refractivity contribution < 1.29 is 4.79 Å². The van der Waals surface area contributed by atoms with Crippen molar-refractivity contribution >= 4 is 29.3 Å². The number of hydrogen-bond acceptors (Lipinski definition) is 5. The zero-order valence-corrected chi connectivity index (χ0v) is 12.8. The molecule has 0 spiro atoms. The number of nitriles is 2. The van der Waals surface area contributed by atoms with Crippen molar-refractivity contribution in [3.8, 4) is 12.1 Å². The number of hydrogen-bond donors (Lipinski definition) is 1. The Labute approximate surface area is 136 Å². The fourth-order valence-electron chi connectivity index (χ4n) is 2.60. The second-order valence-corrected chi connectivity index (χ2v) is 6.08. The number of allylic oxidation sites excluding steroid dienone is 2. The van der Waals surface area contributed by atoms with E-state index in [0.717, 1.165) is 0 Å². The second-order valence-electron chi connectivity index (χ2n) is 4.71. The Kier molecular flexibility index (Phi) is 3.58. The molecule has 0 saturated carbocycles. The first-order valence-electron chi connectivity index (χ1n) is 6.34. The fraction of sp³-hybridized carbons (Fsp3) is 0.133. The van der Waals surface area contributed by atoms with Gasteiger partial charge < -0.3 is 5.73 Å². The highest BCUT2D eigenvalue weighted by atomic mass is 35.5. The monoisotopic (exact) mass is 328 g/mol. The average Bonchev–Trinajstić information content (AvgIpc) is 2.90. The summed E-state index contributed by atoms with van der Waals surface area (Å²) in [6.07, 6.45) is 0. The van der Waals surface area contributed by atoms with Crippen molar-refractivity contribution in [3.63, 3.8) is 0 Å². The lowest BCUT2D eigenvalue weighted by atomic mass is 9.83. The van der Waals surface area contributed by atoms with Gasteiger partial charge in [-0.2, -0.15) is 10.5 Å². The molecule has 0 radical (unpaired) electrons. The smallest absolute Gasteiger partial charge is 0.243 e. The summed E-state index contributed by atoms with van der Waals surface area (Å²) in [4.78, 5) is 13.2. The number of nitrogens with two attached hydrogens (primary N) is 1. The number of fused-ring (bicyclic) bond motifs is 1. The van der Waals surface area contributed by atoms with Gasteiger partial charge in [-0.3, -0.25) is 9.69 Å². The molecule has 108 valence electrons. The molecule has 1 atom stereocenters. The van der Waals surface area contributed by atoms with Crippen LogP contribution >= 0.6 is 23.4 Å². The molecule has 2 aliphatic rings. The van der Waals surface area contributed by atoms with Crippen LogP contribution in [0.2, 0.25) is 5.02 Å². The summed E-state index contributed by atoms with van der Waals surface area (Å²) in [6.45, 7) is 0. The van der Waals surface area contributed by atoms with Crippen LogP contribution in [0.5, 0.6) is 0 Å². The third-order valence-corrected chi connectivity index (χ3v) is 4.98. The van der Waals surface area contributed by atoms with E-state index >= 15 is 0 Å². The number of thioether (sulfide) groups is 1. The Bertz CT molecular complexity index is 831. The maximum atomic E-state index is 12.0. The van der Waals surface area contributed by atoms with Gasteiger partial charge in [0, 0.05) is 5.02 Å². The van der Waals surface area contributed by atoms with E-state index < -0.39 is 5.92 Å². The highest BCUT2D eigenvalue weighted by Crippen LogP contribution is 2.47. The zero-order valence-electron chi connectivity index (χ0n) is 11.2. The number of carbonyl (C=O) groups is 1. The SMILES string of the molecule is N#CC1=C(N)N2C(=O)CSC2=C(C#N)[C@@H]1c1ccccc1Cl. The van der Waals surface area contributed by atoms with Gasteiger partial charge in [0.25, 0.3) is 0 Å². The van der Waals surface area contributed by atoms with Crippen LogP contribution in [0.4, 0.5) is 0 Å². The Morgan fingerprint density at radius 3 is 2.59 bits per heavy atom. The molecule has 0 aromatic heterocycles. The van der Waals surface area contributed by atoms with Gasteiger partial charge >= 0.3 is 0 Å². The van der Waals surface area contributed by atoms with E-state index in [2.05, 4.69) is 6.07 Å². The predicted molar refractivity (Wildman–Crippen MR) is 83.0 cm³/mol. The highest BCUT2D eigenvalue weighted by molar-refractivity contribution is 8.04. The number of carbonyl (C=O) groups excluding carboxylic acids is 1. The van der Waals surface area contributed by atoms with Gasteiger partial charge in [-0.15, -0.1) is 0 Å². The largest absolute Gasteiger partial charge is 0.384 e. The van der Waals surface area contributed by atoms with E-state index in [0.29, 0.717) is 21.2 Å². The molecule has 0 bridgehead atoms. The van der Waals surface area contributed by atoms with Crippen molar-refractivity contribution in [2.24, 2.45) is 5.73 Å². The molecule has 0 unspecified atom stereocenters. The molecule has 2 aliphatic heterocycles. The van der Waals surface area contributed by atoms with Gasteiger partial charge in [0.2, 0.25) is 5.91 Å². The fourth-order valence-corrected chi connectivity index (χ4v) is 3.89. The molecule has 1 amide bonds. The van der Waals surface area contributed by atoms with E-state index in [9.17, 15) is 15.3 Å². The Morgan fingerprint density at radius 2 is 1.95 bits per heavy atom. The summed E-state index contributed by atoms with van der Waals surface area (Å²) in [6, 6.07) is 11.2. The van der Waals surface area contributed by atoms with Crippen LogP contribution in [0.25, 0.3) is 0 Å². The standard InChI is InChI=1S/C15H9ClN4OS/c16-11-4-2-1-3-8(11)13-9(5-17)14(19)20-12(21)7-22-15(20)10(13)6-18/h1-4,13H,7,19H2/t13-/m1/s1. The van der Waals surface area contributed by atoms with Crippen LogP contribution in [-0.4, -0.2) is 16.6 Å². The number of amides is 1. The van der Waals surface area contributed by atoms with Gasteiger partial charge in [0.1, 0.15) is 5.82 Å². The number of benzene rings is 1. The third-order valence-electron chi connectivity index (χ3n) is 3.57. The maximum absolute atomic E-state index is 12.0. The predicted octanol–water partition coefficient (Wildman–Crippen LogP) is 2.44. The summed E-state index contributed by atoms with van der Waals surface area (Å²) in [5.41, 5.74) is 7.15. The average molecular weight is 329 g/mol. The molecule has 1 saturated heterocycles. The molecule has 7 heteroatoms. The van der Waals surface area contributed by atoms with E-state index in [-0.39, 0.29) is 23.1 Å². The van der Waals surface area contributed by atoms with Crippen LogP contribution in [0.15, 0.2) is 46.3 Å². The molecule has 1 aromatic carbocycles. The summed E-state index contributed by atoms with van der Waals surface area (Å²) < 4.78 is 0. The number of rotatable bonds is 1. The lowest BCUT2D eigenvalue weighted by molar-refractivity contribution is -0.124. The van der Waals surface area contributed by atoms with Crippen LogP contribution in [0.1, 0.15) is 11.5 Å². The van der Waals surface area contributed by atoms with Crippen molar-refractivity contribution in [2.45, 2.75) is 5.92 Å². The minimum absolute atomic E-state index is 0.0800. The zero-order chi connectivity index (χ0) is 15.9. The van der Waals surface area contributed by atoms with Crippen molar-refractivity contribution in [1.29, 1.82) is 10.5 Å². The minimum atomic E-state index is -0.645. The van der Waals surface area contributed by atoms with E-state index in [1.807, 2.05) is 6.07 Å². The van der Waals surface area contributed by atoms with Gasteiger partial charge in [-0.1, -0.05) is 41.6 Å². The molecule has 2 heterocycles. The number of halogens is 1. The third kappa shape index (κ3) is 1.97. The lowest BCUT2D eigenvalue weighted by Gasteiger charge is -2.30. The lowest BCUT2D eigenvalue weighted by Crippen LogP contribution is -2.35. The van der Waals surface area contributed by atoms with Gasteiger partial charge in [-0.05, 0) is 11.6 Å². The summed E-state index contributed by atoms with van der Waals surface area (Å²) in [5, 5.41) is 20.0. The Morgan fingerprint density at radius 1 is 1.27 bits per heavy atom. The summed E-state index contributed by atoms with van der Waals surface area (Å²) in [5.74, 6) is -0.588. The topological polar surface area (TPSA) is 93.9 Å². The van der Waals surface area contributed by atoms with E-state index in [4.69, 9.17) is 17.3 Å². The first kappa shape index (κ1) is 14.5. The van der Waals surface area contributed by atoms with Crippen LogP contribution in [-0.2, 0) is 4.79 Å². The van der Waals surface area contributed by atoms with Gasteiger partial charge in [0.05, 0.1) is 40.0 Å². The van der Waals surface area contributed by atoms with Crippen molar-refractivity contribution in [1.82, 2.24) is 4.90 Å². The van der Waals surface area contributed by atoms with Crippen molar-refractivity contribution in [2.75, 3.05) is 5.75 Å². The molecule has 1 aromatic rings. The first-order valence-corrected chi connectivity index (χ1v) is 7.70. The first-order chi connectivity index (χ1) is 10.6. The molecular formula is C15H9ClN4OS. The molecule has 2 N–H and O–H groups in total. The Balaban J connectivity index is 2.29. The normalized spacial score (nSPS) is 20.8. The maximum Gasteiger partial charge on any atom is 0.243 e. The molecule has 1 fully saturated rings. The minimum Gasteiger partial charge on any atom is -0.384 e.